The summed E-state index contributed by atoms with van der Waals surface area (Å²) in [5.74, 6) is -7.64. The van der Waals surface area contributed by atoms with Gasteiger partial charge in [-0.05, 0) is 23.8 Å². The van der Waals surface area contributed by atoms with E-state index in [4.69, 9.17) is 16.7 Å². The first kappa shape index (κ1) is 17.1. The lowest BCUT2D eigenvalue weighted by atomic mass is 10.1. The summed E-state index contributed by atoms with van der Waals surface area (Å²) in [6.45, 7) is -0.523. The number of aliphatic hydroxyl groups excluding tert-OH is 1. The largest absolute Gasteiger partial charge is 0.503 e. The van der Waals surface area contributed by atoms with Gasteiger partial charge in [-0.2, -0.15) is 4.39 Å². The Labute approximate surface area is 134 Å². The molecule has 8 heteroatoms. The molecule has 4 nitrogen and oxygen atoms in total. The van der Waals surface area contributed by atoms with E-state index in [1.165, 1.54) is 24.3 Å². The standard InChI is InChI=1S/C15H11ClF3NO3/c16-8-3-1-7(2-4-8)11(6-21)20-15(23)9-5-10(17)13(19)14(22)12(9)18/h1-5,11,21-22H,6H2,(H,20,23)/t11-/m1/s1. The zero-order valence-electron chi connectivity index (χ0n) is 11.5. The molecule has 23 heavy (non-hydrogen) atoms. The molecular formula is C15H11ClF3NO3. The third-order valence-electron chi connectivity index (χ3n) is 3.14. The summed E-state index contributed by atoms with van der Waals surface area (Å²) in [7, 11) is 0. The summed E-state index contributed by atoms with van der Waals surface area (Å²) >= 11 is 5.73. The molecule has 0 fully saturated rings. The number of carbonyl (C=O) groups is 1. The van der Waals surface area contributed by atoms with E-state index in [0.717, 1.165) is 0 Å². The van der Waals surface area contributed by atoms with Gasteiger partial charge in [-0.3, -0.25) is 4.79 Å². The summed E-state index contributed by atoms with van der Waals surface area (Å²) in [5, 5.41) is 21.2. The minimum atomic E-state index is -1.78. The topological polar surface area (TPSA) is 69.6 Å². The average molecular weight is 346 g/mol. The van der Waals surface area contributed by atoms with Gasteiger partial charge in [-0.15, -0.1) is 0 Å². The van der Waals surface area contributed by atoms with Crippen LogP contribution >= 0.6 is 11.6 Å². The van der Waals surface area contributed by atoms with Crippen LogP contribution in [0.2, 0.25) is 5.02 Å². The molecule has 0 aliphatic carbocycles. The molecule has 0 heterocycles. The first-order valence-corrected chi connectivity index (χ1v) is 6.76. The monoisotopic (exact) mass is 345 g/mol. The average Bonchev–Trinajstić information content (AvgIpc) is 2.54. The van der Waals surface area contributed by atoms with Gasteiger partial charge < -0.3 is 15.5 Å². The van der Waals surface area contributed by atoms with Crippen molar-refractivity contribution in [3.63, 3.8) is 0 Å². The number of nitrogens with one attached hydrogen (secondary N) is 1. The number of aromatic hydroxyl groups is 1. The van der Waals surface area contributed by atoms with Crippen molar-refractivity contribution in [2.24, 2.45) is 0 Å². The van der Waals surface area contributed by atoms with E-state index < -0.39 is 47.3 Å². The molecule has 2 rings (SSSR count). The van der Waals surface area contributed by atoms with Crippen LogP contribution in [-0.4, -0.2) is 22.7 Å². The Morgan fingerprint density at radius 2 is 1.78 bits per heavy atom. The molecule has 0 spiro atoms. The van der Waals surface area contributed by atoms with E-state index in [-0.39, 0.29) is 0 Å². The molecule has 1 amide bonds. The molecular weight excluding hydrogens is 335 g/mol. The number of hydrogen-bond acceptors (Lipinski definition) is 3. The smallest absolute Gasteiger partial charge is 0.255 e. The molecule has 122 valence electrons. The van der Waals surface area contributed by atoms with Gasteiger partial charge in [0.15, 0.2) is 17.4 Å². The second-order valence-electron chi connectivity index (χ2n) is 4.64. The van der Waals surface area contributed by atoms with Crippen LogP contribution in [0.15, 0.2) is 30.3 Å². The molecule has 2 aromatic carbocycles. The number of phenolic OH excluding ortho intramolecular Hbond substituents is 1. The van der Waals surface area contributed by atoms with Crippen molar-refractivity contribution in [1.29, 1.82) is 0 Å². The normalized spacial score (nSPS) is 12.0. The Morgan fingerprint density at radius 3 is 2.35 bits per heavy atom. The minimum Gasteiger partial charge on any atom is -0.503 e. The highest BCUT2D eigenvalue weighted by Gasteiger charge is 2.24. The molecule has 1 atom stereocenters. The maximum atomic E-state index is 13.7. The highest BCUT2D eigenvalue weighted by Crippen LogP contribution is 2.26. The van der Waals surface area contributed by atoms with Crippen LogP contribution in [0.5, 0.6) is 5.75 Å². The molecule has 0 unspecified atom stereocenters. The van der Waals surface area contributed by atoms with Crippen molar-refractivity contribution in [1.82, 2.24) is 5.32 Å². The number of hydrogen-bond donors (Lipinski definition) is 3. The van der Waals surface area contributed by atoms with Crippen molar-refractivity contribution in [2.75, 3.05) is 6.61 Å². The van der Waals surface area contributed by atoms with E-state index >= 15 is 0 Å². The van der Waals surface area contributed by atoms with Crippen LogP contribution in [0.25, 0.3) is 0 Å². The molecule has 0 bridgehead atoms. The highest BCUT2D eigenvalue weighted by atomic mass is 35.5. The number of benzene rings is 2. The van der Waals surface area contributed by atoms with E-state index in [1.807, 2.05) is 0 Å². The van der Waals surface area contributed by atoms with Gasteiger partial charge in [0.05, 0.1) is 18.2 Å². The van der Waals surface area contributed by atoms with Gasteiger partial charge in [-0.1, -0.05) is 23.7 Å². The number of carbonyl (C=O) groups excluding carboxylic acids is 1. The number of rotatable bonds is 4. The highest BCUT2D eigenvalue weighted by molar-refractivity contribution is 6.30. The van der Waals surface area contributed by atoms with Crippen LogP contribution in [0, 0.1) is 17.5 Å². The second kappa shape index (κ2) is 6.89. The molecule has 0 aliphatic rings. The zero-order valence-corrected chi connectivity index (χ0v) is 12.2. The van der Waals surface area contributed by atoms with Crippen molar-refractivity contribution in [2.45, 2.75) is 6.04 Å². The molecule has 0 radical (unpaired) electrons. The number of phenols is 1. The number of aliphatic hydroxyl groups is 1. The molecule has 2 aromatic rings. The van der Waals surface area contributed by atoms with Gasteiger partial charge in [-0.25, -0.2) is 8.78 Å². The summed E-state index contributed by atoms with van der Waals surface area (Å²) in [6, 6.07) is 5.52. The number of halogens is 4. The van der Waals surface area contributed by atoms with Crippen LogP contribution < -0.4 is 5.32 Å². The fourth-order valence-electron chi connectivity index (χ4n) is 1.92. The van der Waals surface area contributed by atoms with Crippen molar-refractivity contribution in [3.8, 4) is 5.75 Å². The molecule has 0 aromatic heterocycles. The predicted molar refractivity (Wildman–Crippen MR) is 76.7 cm³/mol. The fraction of sp³-hybridized carbons (Fsp3) is 0.133. The van der Waals surface area contributed by atoms with Crippen molar-refractivity contribution >= 4 is 17.5 Å². The first-order chi connectivity index (χ1) is 10.8. The van der Waals surface area contributed by atoms with Crippen molar-refractivity contribution in [3.05, 3.63) is 63.9 Å². The third-order valence-corrected chi connectivity index (χ3v) is 3.39. The van der Waals surface area contributed by atoms with Crippen LogP contribution in [0.3, 0.4) is 0 Å². The van der Waals surface area contributed by atoms with E-state index in [9.17, 15) is 23.1 Å². The van der Waals surface area contributed by atoms with Gasteiger partial charge in [0.2, 0.25) is 5.82 Å². The Balaban J connectivity index is 2.29. The Hall–Kier alpha value is -2.25. The zero-order chi connectivity index (χ0) is 17.1. The summed E-state index contributed by atoms with van der Waals surface area (Å²) in [6.07, 6.45) is 0. The summed E-state index contributed by atoms with van der Waals surface area (Å²) in [4.78, 5) is 12.0. The van der Waals surface area contributed by atoms with Gasteiger partial charge in [0.25, 0.3) is 5.91 Å². The van der Waals surface area contributed by atoms with Crippen LogP contribution in [0.4, 0.5) is 13.2 Å². The van der Waals surface area contributed by atoms with Crippen molar-refractivity contribution < 1.29 is 28.2 Å². The molecule has 0 aliphatic heterocycles. The lowest BCUT2D eigenvalue weighted by Gasteiger charge is -2.17. The SMILES string of the molecule is O=C(N[C@H](CO)c1ccc(Cl)cc1)c1cc(F)c(F)c(O)c1F. The van der Waals surface area contributed by atoms with E-state index in [1.54, 1.807) is 0 Å². The van der Waals surface area contributed by atoms with Crippen LogP contribution in [0.1, 0.15) is 22.0 Å². The van der Waals surface area contributed by atoms with E-state index in [0.29, 0.717) is 16.7 Å². The lowest BCUT2D eigenvalue weighted by molar-refractivity contribution is 0.0910. The molecule has 0 saturated carbocycles. The Morgan fingerprint density at radius 1 is 1.17 bits per heavy atom. The maximum absolute atomic E-state index is 13.7. The van der Waals surface area contributed by atoms with Gasteiger partial charge in [0.1, 0.15) is 0 Å². The Bertz CT molecular complexity index is 738. The summed E-state index contributed by atoms with van der Waals surface area (Å²) in [5.41, 5.74) is -0.411. The fourth-order valence-corrected chi connectivity index (χ4v) is 2.05. The quantitative estimate of drug-likeness (QED) is 0.746. The first-order valence-electron chi connectivity index (χ1n) is 6.38. The number of amides is 1. The predicted octanol–water partition coefficient (Wildman–Crippen LogP) is 2.93. The van der Waals surface area contributed by atoms with Gasteiger partial charge in [0, 0.05) is 5.02 Å². The molecule has 3 N–H and O–H groups in total. The second-order valence-corrected chi connectivity index (χ2v) is 5.08. The Kier molecular flexibility index (Phi) is 5.12. The minimum absolute atomic E-state index is 0.329. The molecule has 0 saturated heterocycles. The third kappa shape index (κ3) is 3.57. The summed E-state index contributed by atoms with van der Waals surface area (Å²) < 4.78 is 39.9. The van der Waals surface area contributed by atoms with Crippen LogP contribution in [-0.2, 0) is 0 Å². The lowest BCUT2D eigenvalue weighted by Crippen LogP contribution is -2.31. The maximum Gasteiger partial charge on any atom is 0.255 e. The van der Waals surface area contributed by atoms with E-state index in [2.05, 4.69) is 5.32 Å². The van der Waals surface area contributed by atoms with Gasteiger partial charge >= 0.3 is 0 Å².